The number of pyridine rings is 1. The van der Waals surface area contributed by atoms with Crippen molar-refractivity contribution in [1.29, 1.82) is 0 Å². The highest BCUT2D eigenvalue weighted by Gasteiger charge is 1.95. The van der Waals surface area contributed by atoms with Gasteiger partial charge in [-0.3, -0.25) is 0 Å². The highest BCUT2D eigenvalue weighted by molar-refractivity contribution is 5.43. The summed E-state index contributed by atoms with van der Waals surface area (Å²) in [7, 11) is 0. The van der Waals surface area contributed by atoms with Crippen LogP contribution in [0.15, 0.2) is 48.7 Å². The Hall–Kier alpha value is -2.23. The van der Waals surface area contributed by atoms with Crippen molar-refractivity contribution in [2.75, 3.05) is 24.2 Å². The molecule has 4 heteroatoms. The van der Waals surface area contributed by atoms with Gasteiger partial charge in [0.2, 0.25) is 0 Å². The molecule has 4 nitrogen and oxygen atoms in total. The largest absolute Gasteiger partial charge is 0.493 e. The van der Waals surface area contributed by atoms with Crippen LogP contribution in [0.3, 0.4) is 0 Å². The standard InChI is InChI=1S/C14H17N3O/c15-12-5-3-6-13(11-12)18-10-4-9-17-14-7-1-2-8-16-14/h1-3,5-8,11H,4,9-10,15H2,(H,16,17). The quantitative estimate of drug-likeness (QED) is 0.604. The van der Waals surface area contributed by atoms with Crippen molar-refractivity contribution in [3.63, 3.8) is 0 Å². The van der Waals surface area contributed by atoms with Gasteiger partial charge in [0.25, 0.3) is 0 Å². The van der Waals surface area contributed by atoms with Gasteiger partial charge in [0, 0.05) is 24.5 Å². The van der Waals surface area contributed by atoms with E-state index in [9.17, 15) is 0 Å². The van der Waals surface area contributed by atoms with Gasteiger partial charge in [0.15, 0.2) is 0 Å². The smallest absolute Gasteiger partial charge is 0.125 e. The average Bonchev–Trinajstić information content (AvgIpc) is 2.40. The summed E-state index contributed by atoms with van der Waals surface area (Å²) in [6.45, 7) is 1.49. The van der Waals surface area contributed by atoms with Gasteiger partial charge in [-0.2, -0.15) is 0 Å². The van der Waals surface area contributed by atoms with Gasteiger partial charge in [-0.25, -0.2) is 4.98 Å². The van der Waals surface area contributed by atoms with Gasteiger partial charge in [-0.15, -0.1) is 0 Å². The molecule has 0 spiro atoms. The monoisotopic (exact) mass is 243 g/mol. The topological polar surface area (TPSA) is 60.2 Å². The van der Waals surface area contributed by atoms with Gasteiger partial charge in [-0.05, 0) is 30.7 Å². The number of nitrogens with one attached hydrogen (secondary N) is 1. The molecule has 0 bridgehead atoms. The van der Waals surface area contributed by atoms with Crippen molar-refractivity contribution in [3.8, 4) is 5.75 Å². The molecular weight excluding hydrogens is 226 g/mol. The first-order valence-electron chi connectivity index (χ1n) is 5.98. The van der Waals surface area contributed by atoms with E-state index in [-0.39, 0.29) is 0 Å². The predicted octanol–water partition coefficient (Wildman–Crippen LogP) is 2.54. The molecule has 0 aliphatic rings. The third kappa shape index (κ3) is 3.97. The molecule has 0 unspecified atom stereocenters. The number of benzene rings is 1. The minimum Gasteiger partial charge on any atom is -0.493 e. The van der Waals surface area contributed by atoms with Crippen LogP contribution in [0.1, 0.15) is 6.42 Å². The number of nitrogen functional groups attached to an aromatic ring is 1. The molecule has 0 radical (unpaired) electrons. The summed E-state index contributed by atoms with van der Waals surface area (Å²) in [6, 6.07) is 13.3. The summed E-state index contributed by atoms with van der Waals surface area (Å²) in [5.41, 5.74) is 6.39. The molecule has 0 atom stereocenters. The molecule has 94 valence electrons. The maximum absolute atomic E-state index is 5.66. The number of anilines is 2. The van der Waals surface area contributed by atoms with Crippen LogP contribution in [0, 0.1) is 0 Å². The zero-order valence-electron chi connectivity index (χ0n) is 10.2. The fourth-order valence-corrected chi connectivity index (χ4v) is 1.55. The van der Waals surface area contributed by atoms with E-state index >= 15 is 0 Å². The molecule has 1 aromatic heterocycles. The lowest BCUT2D eigenvalue weighted by atomic mass is 10.3. The van der Waals surface area contributed by atoms with E-state index < -0.39 is 0 Å². The fraction of sp³-hybridized carbons (Fsp3) is 0.214. The third-order valence-electron chi connectivity index (χ3n) is 2.42. The number of aromatic nitrogens is 1. The number of nitrogens with zero attached hydrogens (tertiary/aromatic N) is 1. The van der Waals surface area contributed by atoms with E-state index in [1.54, 1.807) is 6.20 Å². The van der Waals surface area contributed by atoms with Crippen LogP contribution in [0.4, 0.5) is 11.5 Å². The van der Waals surface area contributed by atoms with Crippen molar-refractivity contribution in [3.05, 3.63) is 48.7 Å². The first kappa shape index (κ1) is 12.2. The molecule has 0 saturated heterocycles. The zero-order valence-corrected chi connectivity index (χ0v) is 10.2. The lowest BCUT2D eigenvalue weighted by molar-refractivity contribution is 0.315. The van der Waals surface area contributed by atoms with E-state index in [0.29, 0.717) is 6.61 Å². The van der Waals surface area contributed by atoms with Crippen LogP contribution in [-0.2, 0) is 0 Å². The summed E-state index contributed by atoms with van der Waals surface area (Å²) >= 11 is 0. The Morgan fingerprint density at radius 2 is 2.11 bits per heavy atom. The van der Waals surface area contributed by atoms with E-state index in [1.165, 1.54) is 0 Å². The van der Waals surface area contributed by atoms with Crippen LogP contribution >= 0.6 is 0 Å². The third-order valence-corrected chi connectivity index (χ3v) is 2.42. The van der Waals surface area contributed by atoms with Gasteiger partial charge >= 0.3 is 0 Å². The molecule has 2 aromatic rings. The predicted molar refractivity (Wildman–Crippen MR) is 73.7 cm³/mol. The molecule has 0 saturated carbocycles. The molecule has 0 fully saturated rings. The molecule has 18 heavy (non-hydrogen) atoms. The van der Waals surface area contributed by atoms with Crippen molar-refractivity contribution in [1.82, 2.24) is 4.98 Å². The highest BCUT2D eigenvalue weighted by Crippen LogP contribution is 2.14. The fourth-order valence-electron chi connectivity index (χ4n) is 1.55. The Balaban J connectivity index is 1.65. The second-order valence-corrected chi connectivity index (χ2v) is 3.92. The molecule has 2 rings (SSSR count). The first-order chi connectivity index (χ1) is 8.84. The average molecular weight is 243 g/mol. The number of rotatable bonds is 6. The lowest BCUT2D eigenvalue weighted by Crippen LogP contribution is -2.08. The van der Waals surface area contributed by atoms with E-state index in [2.05, 4.69) is 10.3 Å². The van der Waals surface area contributed by atoms with Gasteiger partial charge in [0.05, 0.1) is 6.61 Å². The molecule has 3 N–H and O–H groups in total. The summed E-state index contributed by atoms with van der Waals surface area (Å²) in [5, 5.41) is 3.23. The van der Waals surface area contributed by atoms with E-state index in [4.69, 9.17) is 10.5 Å². The number of nitrogens with two attached hydrogens (primary N) is 1. The first-order valence-corrected chi connectivity index (χ1v) is 5.98. The van der Waals surface area contributed by atoms with E-state index in [0.717, 1.165) is 30.2 Å². The lowest BCUT2D eigenvalue weighted by Gasteiger charge is -2.07. The molecule has 1 heterocycles. The Bertz CT molecular complexity index is 473. The normalized spacial score (nSPS) is 10.0. The molecule has 0 aliphatic carbocycles. The van der Waals surface area contributed by atoms with Gasteiger partial charge < -0.3 is 15.8 Å². The van der Waals surface area contributed by atoms with Crippen LogP contribution in [0.25, 0.3) is 0 Å². The summed E-state index contributed by atoms with van der Waals surface area (Å²) in [5.74, 6) is 1.70. The van der Waals surface area contributed by atoms with Crippen molar-refractivity contribution >= 4 is 11.5 Å². The Kier molecular flexibility index (Phi) is 4.41. The maximum atomic E-state index is 5.66. The molecular formula is C14H17N3O. The minimum absolute atomic E-state index is 0.656. The number of hydrogen-bond acceptors (Lipinski definition) is 4. The second-order valence-electron chi connectivity index (χ2n) is 3.92. The van der Waals surface area contributed by atoms with Crippen LogP contribution in [0.5, 0.6) is 5.75 Å². The van der Waals surface area contributed by atoms with Crippen molar-refractivity contribution < 1.29 is 4.74 Å². The van der Waals surface area contributed by atoms with Gasteiger partial charge in [-0.1, -0.05) is 12.1 Å². The summed E-state index contributed by atoms with van der Waals surface area (Å²) in [4.78, 5) is 4.18. The summed E-state index contributed by atoms with van der Waals surface area (Å²) < 4.78 is 5.58. The van der Waals surface area contributed by atoms with Crippen molar-refractivity contribution in [2.24, 2.45) is 0 Å². The van der Waals surface area contributed by atoms with Gasteiger partial charge in [0.1, 0.15) is 11.6 Å². The van der Waals surface area contributed by atoms with Crippen molar-refractivity contribution in [2.45, 2.75) is 6.42 Å². The Morgan fingerprint density at radius 1 is 1.17 bits per heavy atom. The summed E-state index contributed by atoms with van der Waals surface area (Å²) in [6.07, 6.45) is 2.68. The molecule has 1 aromatic carbocycles. The zero-order chi connectivity index (χ0) is 12.6. The van der Waals surface area contributed by atoms with Crippen LogP contribution in [0.2, 0.25) is 0 Å². The Labute approximate surface area is 107 Å². The number of hydrogen-bond donors (Lipinski definition) is 2. The van der Waals surface area contributed by atoms with Crippen LogP contribution < -0.4 is 15.8 Å². The maximum Gasteiger partial charge on any atom is 0.125 e. The molecule has 0 aliphatic heterocycles. The second kappa shape index (κ2) is 6.49. The van der Waals surface area contributed by atoms with E-state index in [1.807, 2.05) is 42.5 Å². The SMILES string of the molecule is Nc1cccc(OCCCNc2ccccn2)c1. The molecule has 0 amide bonds. The minimum atomic E-state index is 0.656. The Morgan fingerprint density at radius 3 is 2.89 bits per heavy atom. The van der Waals surface area contributed by atoms with Crippen LogP contribution in [-0.4, -0.2) is 18.1 Å². The highest BCUT2D eigenvalue weighted by atomic mass is 16.5. The number of ether oxygens (including phenoxy) is 1.